The van der Waals surface area contributed by atoms with Crippen LogP contribution in [-0.2, 0) is 0 Å². The number of hydrogen-bond donors (Lipinski definition) is 1. The van der Waals surface area contributed by atoms with Crippen LogP contribution in [0.2, 0.25) is 0 Å². The molecule has 0 aromatic rings. The van der Waals surface area contributed by atoms with Crippen molar-refractivity contribution in [2.24, 2.45) is 11.3 Å². The zero-order valence-electron chi connectivity index (χ0n) is 9.20. The van der Waals surface area contributed by atoms with Gasteiger partial charge in [-0.15, -0.1) is 0 Å². The van der Waals surface area contributed by atoms with E-state index < -0.39 is 0 Å². The fourth-order valence-corrected chi connectivity index (χ4v) is 2.80. The van der Waals surface area contributed by atoms with Crippen molar-refractivity contribution >= 4 is 0 Å². The molecular formula is C11H23N. The first-order valence-corrected chi connectivity index (χ1v) is 5.06. The standard InChI is InChI=1S/C11H23N/c1-9-6-10(2,3)8-11(4,5)12-7-9/h9,12H,6-8H2,1-5H3. The van der Waals surface area contributed by atoms with Crippen LogP contribution in [0.1, 0.15) is 47.5 Å². The van der Waals surface area contributed by atoms with Crippen LogP contribution >= 0.6 is 0 Å². The highest BCUT2D eigenvalue weighted by atomic mass is 15.0. The van der Waals surface area contributed by atoms with E-state index in [1.54, 1.807) is 0 Å². The molecule has 1 unspecified atom stereocenters. The molecule has 1 nitrogen and oxygen atoms in total. The third-order valence-corrected chi connectivity index (χ3v) is 2.75. The molecule has 1 aliphatic heterocycles. The first kappa shape index (κ1) is 10.0. The molecule has 1 heterocycles. The molecule has 0 aliphatic carbocycles. The minimum absolute atomic E-state index is 0.328. The van der Waals surface area contributed by atoms with E-state index in [2.05, 4.69) is 39.9 Å². The first-order valence-electron chi connectivity index (χ1n) is 5.06. The summed E-state index contributed by atoms with van der Waals surface area (Å²) in [5, 5.41) is 3.63. The maximum atomic E-state index is 3.63. The van der Waals surface area contributed by atoms with Gasteiger partial charge in [0.15, 0.2) is 0 Å². The summed E-state index contributed by atoms with van der Waals surface area (Å²) in [5.74, 6) is 0.821. The van der Waals surface area contributed by atoms with E-state index in [1.165, 1.54) is 19.4 Å². The predicted molar refractivity (Wildman–Crippen MR) is 54.3 cm³/mol. The molecule has 1 atom stereocenters. The fourth-order valence-electron chi connectivity index (χ4n) is 2.80. The Hall–Kier alpha value is -0.0400. The van der Waals surface area contributed by atoms with Crippen LogP contribution in [0.3, 0.4) is 0 Å². The van der Waals surface area contributed by atoms with Crippen molar-refractivity contribution < 1.29 is 0 Å². The summed E-state index contributed by atoms with van der Waals surface area (Å²) in [7, 11) is 0. The van der Waals surface area contributed by atoms with Gasteiger partial charge >= 0.3 is 0 Å². The lowest BCUT2D eigenvalue weighted by atomic mass is 9.77. The Labute approximate surface area is 76.9 Å². The Morgan fingerprint density at radius 2 is 1.75 bits per heavy atom. The highest BCUT2D eigenvalue weighted by Crippen LogP contribution is 2.36. The monoisotopic (exact) mass is 169 g/mol. The Morgan fingerprint density at radius 1 is 1.17 bits per heavy atom. The van der Waals surface area contributed by atoms with Crippen molar-refractivity contribution in [3.63, 3.8) is 0 Å². The summed E-state index contributed by atoms with van der Waals surface area (Å²) in [6, 6.07) is 0. The van der Waals surface area contributed by atoms with Crippen LogP contribution in [0.25, 0.3) is 0 Å². The Morgan fingerprint density at radius 3 is 2.33 bits per heavy atom. The Kier molecular flexibility index (Phi) is 2.53. The Bertz CT molecular complexity index is 158. The third-order valence-electron chi connectivity index (χ3n) is 2.75. The summed E-state index contributed by atoms with van der Waals surface area (Å²) in [5.41, 5.74) is 0.834. The smallest absolute Gasteiger partial charge is 0.0130 e. The quantitative estimate of drug-likeness (QED) is 0.588. The van der Waals surface area contributed by atoms with Gasteiger partial charge in [-0.2, -0.15) is 0 Å². The van der Waals surface area contributed by atoms with Crippen molar-refractivity contribution in [2.45, 2.75) is 53.0 Å². The van der Waals surface area contributed by atoms with Gasteiger partial charge in [-0.3, -0.25) is 0 Å². The first-order chi connectivity index (χ1) is 5.31. The zero-order chi connectivity index (χ0) is 9.41. The van der Waals surface area contributed by atoms with Gasteiger partial charge in [0.05, 0.1) is 0 Å². The molecular weight excluding hydrogens is 146 g/mol. The molecule has 1 aliphatic rings. The van der Waals surface area contributed by atoms with Gasteiger partial charge in [-0.25, -0.2) is 0 Å². The second-order valence-corrected chi connectivity index (χ2v) is 5.92. The Balaban J connectivity index is 2.69. The van der Waals surface area contributed by atoms with Crippen molar-refractivity contribution in [1.29, 1.82) is 0 Å². The molecule has 0 amide bonds. The van der Waals surface area contributed by atoms with Crippen LogP contribution < -0.4 is 5.32 Å². The van der Waals surface area contributed by atoms with E-state index in [-0.39, 0.29) is 0 Å². The van der Waals surface area contributed by atoms with Gasteiger partial charge in [0.2, 0.25) is 0 Å². The van der Waals surface area contributed by atoms with E-state index in [1.807, 2.05) is 0 Å². The lowest BCUT2D eigenvalue weighted by Gasteiger charge is -2.32. The molecule has 1 rings (SSSR count). The van der Waals surface area contributed by atoms with Gasteiger partial charge < -0.3 is 5.32 Å². The van der Waals surface area contributed by atoms with E-state index in [4.69, 9.17) is 0 Å². The van der Waals surface area contributed by atoms with Crippen molar-refractivity contribution in [3.05, 3.63) is 0 Å². The molecule has 0 spiro atoms. The zero-order valence-corrected chi connectivity index (χ0v) is 9.20. The molecule has 0 aromatic carbocycles. The molecule has 0 aromatic heterocycles. The second-order valence-electron chi connectivity index (χ2n) is 5.92. The lowest BCUT2D eigenvalue weighted by Crippen LogP contribution is -2.41. The van der Waals surface area contributed by atoms with Gasteiger partial charge in [0, 0.05) is 5.54 Å². The van der Waals surface area contributed by atoms with Crippen LogP contribution in [0.4, 0.5) is 0 Å². The summed E-state index contributed by atoms with van der Waals surface area (Å²) in [6.45, 7) is 12.9. The van der Waals surface area contributed by atoms with E-state index in [9.17, 15) is 0 Å². The minimum atomic E-state index is 0.328. The van der Waals surface area contributed by atoms with Gasteiger partial charge in [0.1, 0.15) is 0 Å². The number of rotatable bonds is 0. The normalized spacial score (nSPS) is 34.2. The highest BCUT2D eigenvalue weighted by Gasteiger charge is 2.33. The largest absolute Gasteiger partial charge is 0.312 e. The topological polar surface area (TPSA) is 12.0 Å². The molecule has 1 fully saturated rings. The van der Waals surface area contributed by atoms with E-state index in [0.717, 1.165) is 5.92 Å². The molecule has 12 heavy (non-hydrogen) atoms. The third kappa shape index (κ3) is 2.78. The van der Waals surface area contributed by atoms with Crippen molar-refractivity contribution in [3.8, 4) is 0 Å². The SMILES string of the molecule is CC1CNC(C)(C)CC(C)(C)C1. The summed E-state index contributed by atoms with van der Waals surface area (Å²) in [6.07, 6.45) is 2.63. The lowest BCUT2D eigenvalue weighted by molar-refractivity contribution is 0.234. The second kappa shape index (κ2) is 3.02. The maximum absolute atomic E-state index is 3.63. The van der Waals surface area contributed by atoms with Gasteiger partial charge in [0.25, 0.3) is 0 Å². The molecule has 0 bridgehead atoms. The summed E-state index contributed by atoms with van der Waals surface area (Å²) >= 11 is 0. The molecule has 0 saturated carbocycles. The fraction of sp³-hybridized carbons (Fsp3) is 1.00. The number of nitrogens with one attached hydrogen (secondary N) is 1. The average Bonchev–Trinajstić information content (AvgIpc) is 1.86. The van der Waals surface area contributed by atoms with Crippen LogP contribution in [0.15, 0.2) is 0 Å². The van der Waals surface area contributed by atoms with Crippen molar-refractivity contribution in [1.82, 2.24) is 5.32 Å². The molecule has 0 radical (unpaired) electrons. The van der Waals surface area contributed by atoms with E-state index in [0.29, 0.717) is 11.0 Å². The maximum Gasteiger partial charge on any atom is 0.0130 e. The predicted octanol–water partition coefficient (Wildman–Crippen LogP) is 2.81. The molecule has 72 valence electrons. The van der Waals surface area contributed by atoms with Crippen LogP contribution in [-0.4, -0.2) is 12.1 Å². The summed E-state index contributed by atoms with van der Waals surface area (Å²) < 4.78 is 0. The van der Waals surface area contributed by atoms with Gasteiger partial charge in [-0.05, 0) is 44.6 Å². The van der Waals surface area contributed by atoms with Gasteiger partial charge in [-0.1, -0.05) is 20.8 Å². The molecule has 1 N–H and O–H groups in total. The summed E-state index contributed by atoms with van der Waals surface area (Å²) in [4.78, 5) is 0. The van der Waals surface area contributed by atoms with E-state index >= 15 is 0 Å². The molecule has 1 heteroatoms. The van der Waals surface area contributed by atoms with Crippen LogP contribution in [0.5, 0.6) is 0 Å². The average molecular weight is 169 g/mol. The number of hydrogen-bond acceptors (Lipinski definition) is 1. The van der Waals surface area contributed by atoms with Crippen LogP contribution in [0, 0.1) is 11.3 Å². The molecule has 1 saturated heterocycles. The van der Waals surface area contributed by atoms with Crippen molar-refractivity contribution in [2.75, 3.05) is 6.54 Å². The minimum Gasteiger partial charge on any atom is -0.312 e. The highest BCUT2D eigenvalue weighted by molar-refractivity contribution is 4.90.